The van der Waals surface area contributed by atoms with E-state index in [1.54, 1.807) is 0 Å². The zero-order valence-corrected chi connectivity index (χ0v) is 19.9. The molecular formula is C25H44N4O3. The van der Waals surface area contributed by atoms with Gasteiger partial charge in [0.25, 0.3) is 0 Å². The molecule has 1 N–H and O–H groups in total. The van der Waals surface area contributed by atoms with Crippen LogP contribution in [0.15, 0.2) is 0 Å². The van der Waals surface area contributed by atoms with E-state index in [0.717, 1.165) is 90.6 Å². The summed E-state index contributed by atoms with van der Waals surface area (Å²) in [5.74, 6) is 0.593. The number of hydrogen-bond acceptors (Lipinski definition) is 6. The molecule has 2 aliphatic heterocycles. The highest BCUT2D eigenvalue weighted by Gasteiger charge is 2.32. The summed E-state index contributed by atoms with van der Waals surface area (Å²) in [5, 5.41) is 7.75. The van der Waals surface area contributed by atoms with Crippen molar-refractivity contribution in [3.05, 3.63) is 0 Å². The van der Waals surface area contributed by atoms with Crippen LogP contribution >= 0.6 is 0 Å². The minimum Gasteiger partial charge on any atom is -0.462 e. The Balaban J connectivity index is 1.14. The van der Waals surface area contributed by atoms with Gasteiger partial charge >= 0.3 is 5.97 Å². The number of piperazine rings is 1. The number of piperidine rings is 1. The van der Waals surface area contributed by atoms with Crippen molar-refractivity contribution < 1.29 is 14.3 Å². The number of nitrogens with one attached hydrogen (secondary N) is 1. The van der Waals surface area contributed by atoms with Crippen LogP contribution in [0.2, 0.25) is 0 Å². The maximum Gasteiger partial charge on any atom is 0.306 e. The predicted octanol–water partition coefficient (Wildman–Crippen LogP) is 2.94. The topological polar surface area (TPSA) is 65.1 Å². The number of hydrazine groups is 1. The molecule has 2 heterocycles. The molecule has 7 nitrogen and oxygen atoms in total. The Hall–Kier alpha value is -1.18. The highest BCUT2D eigenvalue weighted by molar-refractivity contribution is 5.69. The molecule has 182 valence electrons. The molecule has 2 saturated carbocycles. The van der Waals surface area contributed by atoms with E-state index in [4.69, 9.17) is 4.74 Å². The Kier molecular flexibility index (Phi) is 9.23. The molecule has 2 saturated heterocycles. The number of esters is 1. The lowest BCUT2D eigenvalue weighted by atomic mass is 9.83. The summed E-state index contributed by atoms with van der Waals surface area (Å²) in [4.78, 5) is 26.8. The third-order valence-electron chi connectivity index (χ3n) is 8.35. The first kappa shape index (κ1) is 24.0. The standard InChI is InChI=1S/C25H44N4O3/c30-20-29(28-18-16-27(17-19-28)22-12-14-26-15-13-22)23-9-6-21(7-10-23)8-11-25(31)32-24-4-2-1-3-5-24/h20-24,26H,1-19H2. The summed E-state index contributed by atoms with van der Waals surface area (Å²) in [6, 6.07) is 1.03. The molecule has 0 aromatic rings. The second-order valence-corrected chi connectivity index (χ2v) is 10.4. The fourth-order valence-corrected chi connectivity index (χ4v) is 6.31. The van der Waals surface area contributed by atoms with Crippen molar-refractivity contribution >= 4 is 12.4 Å². The minimum atomic E-state index is 0.000148. The summed E-state index contributed by atoms with van der Waals surface area (Å²) >= 11 is 0. The molecule has 4 rings (SSSR count). The van der Waals surface area contributed by atoms with Gasteiger partial charge in [0.15, 0.2) is 0 Å². The third-order valence-corrected chi connectivity index (χ3v) is 8.35. The number of amides is 1. The normalized spacial score (nSPS) is 29.5. The Morgan fingerprint density at radius 1 is 0.906 bits per heavy atom. The van der Waals surface area contributed by atoms with Crippen LogP contribution in [0.5, 0.6) is 0 Å². The van der Waals surface area contributed by atoms with Crippen molar-refractivity contribution in [2.45, 2.75) is 102 Å². The van der Waals surface area contributed by atoms with E-state index < -0.39 is 0 Å². The second kappa shape index (κ2) is 12.3. The van der Waals surface area contributed by atoms with E-state index in [-0.39, 0.29) is 12.1 Å². The van der Waals surface area contributed by atoms with Gasteiger partial charge < -0.3 is 10.1 Å². The summed E-state index contributed by atoms with van der Waals surface area (Å²) in [6.45, 7) is 6.30. The average molecular weight is 449 g/mol. The van der Waals surface area contributed by atoms with Crippen molar-refractivity contribution in [1.82, 2.24) is 20.2 Å². The van der Waals surface area contributed by atoms with E-state index >= 15 is 0 Å². The van der Waals surface area contributed by atoms with Gasteiger partial charge in [0.05, 0.1) is 0 Å². The maximum absolute atomic E-state index is 12.2. The van der Waals surface area contributed by atoms with Gasteiger partial charge in [0.2, 0.25) is 6.41 Å². The van der Waals surface area contributed by atoms with Crippen LogP contribution in [0.4, 0.5) is 0 Å². The van der Waals surface area contributed by atoms with Crippen LogP contribution in [0.3, 0.4) is 0 Å². The lowest BCUT2D eigenvalue weighted by Crippen LogP contribution is -2.59. The van der Waals surface area contributed by atoms with Crippen LogP contribution in [-0.2, 0) is 14.3 Å². The Morgan fingerprint density at radius 3 is 2.25 bits per heavy atom. The molecule has 0 atom stereocenters. The van der Waals surface area contributed by atoms with Crippen molar-refractivity contribution in [3.8, 4) is 0 Å². The lowest BCUT2D eigenvalue weighted by Gasteiger charge is -2.46. The molecule has 0 unspecified atom stereocenters. The molecular weight excluding hydrogens is 404 g/mol. The zero-order chi connectivity index (χ0) is 22.2. The quantitative estimate of drug-likeness (QED) is 0.455. The van der Waals surface area contributed by atoms with E-state index in [1.807, 2.05) is 5.01 Å². The van der Waals surface area contributed by atoms with Gasteiger partial charge in [-0.1, -0.05) is 6.42 Å². The molecule has 0 radical (unpaired) electrons. The van der Waals surface area contributed by atoms with Gasteiger partial charge in [0.1, 0.15) is 6.10 Å². The lowest BCUT2D eigenvalue weighted by molar-refractivity contribution is -0.151. The van der Waals surface area contributed by atoms with Crippen LogP contribution in [0.1, 0.15) is 83.5 Å². The SMILES string of the molecule is O=CN(C1CCC(CCC(=O)OC2CCCCC2)CC1)N1CCN(C2CCNCC2)CC1. The molecule has 2 aliphatic carbocycles. The summed E-state index contributed by atoms with van der Waals surface area (Å²) in [7, 11) is 0. The average Bonchev–Trinajstić information content (AvgIpc) is 2.86. The Labute approximate surface area is 194 Å². The number of carbonyl (C=O) groups excluding carboxylic acids is 2. The summed E-state index contributed by atoms with van der Waals surface area (Å²) in [5.41, 5.74) is 0. The number of nitrogens with zero attached hydrogens (tertiary/aromatic N) is 3. The summed E-state index contributed by atoms with van der Waals surface area (Å²) in [6.07, 6.45) is 15.3. The van der Waals surface area contributed by atoms with Crippen molar-refractivity contribution in [1.29, 1.82) is 0 Å². The molecule has 0 aromatic heterocycles. The molecule has 4 aliphatic rings. The minimum absolute atomic E-state index is 0.000148. The third kappa shape index (κ3) is 6.67. The van der Waals surface area contributed by atoms with E-state index in [9.17, 15) is 9.59 Å². The number of ether oxygens (including phenoxy) is 1. The largest absolute Gasteiger partial charge is 0.462 e. The molecule has 0 spiro atoms. The number of hydrogen-bond donors (Lipinski definition) is 1. The molecule has 4 fully saturated rings. The second-order valence-electron chi connectivity index (χ2n) is 10.4. The highest BCUT2D eigenvalue weighted by atomic mass is 16.5. The fourth-order valence-electron chi connectivity index (χ4n) is 6.31. The Morgan fingerprint density at radius 2 is 1.59 bits per heavy atom. The first-order valence-electron chi connectivity index (χ1n) is 13.4. The van der Waals surface area contributed by atoms with Gasteiger partial charge in [0, 0.05) is 44.7 Å². The smallest absolute Gasteiger partial charge is 0.306 e. The van der Waals surface area contributed by atoms with Crippen LogP contribution in [0.25, 0.3) is 0 Å². The van der Waals surface area contributed by atoms with Gasteiger partial charge in [-0.25, -0.2) is 5.01 Å². The molecule has 32 heavy (non-hydrogen) atoms. The van der Waals surface area contributed by atoms with Gasteiger partial charge in [-0.15, -0.1) is 0 Å². The van der Waals surface area contributed by atoms with Gasteiger partial charge in [-0.3, -0.25) is 19.5 Å². The molecule has 0 bridgehead atoms. The molecule has 0 aromatic carbocycles. The zero-order valence-electron chi connectivity index (χ0n) is 19.9. The highest BCUT2D eigenvalue weighted by Crippen LogP contribution is 2.31. The fraction of sp³-hybridized carbons (Fsp3) is 0.920. The van der Waals surface area contributed by atoms with Crippen LogP contribution < -0.4 is 5.32 Å². The molecule has 1 amide bonds. The van der Waals surface area contributed by atoms with Crippen molar-refractivity contribution in [3.63, 3.8) is 0 Å². The maximum atomic E-state index is 12.2. The van der Waals surface area contributed by atoms with Crippen LogP contribution in [0, 0.1) is 5.92 Å². The van der Waals surface area contributed by atoms with E-state index in [0.29, 0.717) is 24.4 Å². The Bertz CT molecular complexity index is 576. The first-order valence-corrected chi connectivity index (χ1v) is 13.4. The van der Waals surface area contributed by atoms with Crippen molar-refractivity contribution in [2.24, 2.45) is 5.92 Å². The number of rotatable bonds is 8. The van der Waals surface area contributed by atoms with Gasteiger partial charge in [-0.2, -0.15) is 0 Å². The number of carbonyl (C=O) groups is 2. The predicted molar refractivity (Wildman–Crippen MR) is 125 cm³/mol. The van der Waals surface area contributed by atoms with E-state index in [1.165, 1.54) is 32.1 Å². The monoisotopic (exact) mass is 448 g/mol. The van der Waals surface area contributed by atoms with Crippen LogP contribution in [-0.4, -0.2) is 84.8 Å². The van der Waals surface area contributed by atoms with E-state index in [2.05, 4.69) is 15.2 Å². The molecule has 7 heteroatoms. The first-order chi connectivity index (χ1) is 15.7. The van der Waals surface area contributed by atoms with Gasteiger partial charge in [-0.05, 0) is 89.6 Å². The summed E-state index contributed by atoms with van der Waals surface area (Å²) < 4.78 is 5.68. The van der Waals surface area contributed by atoms with Crippen molar-refractivity contribution in [2.75, 3.05) is 39.3 Å².